The highest BCUT2D eigenvalue weighted by Gasteiger charge is 2.46. The molecule has 1 saturated heterocycles. The van der Waals surface area contributed by atoms with Crippen molar-refractivity contribution in [2.24, 2.45) is 0 Å². The summed E-state index contributed by atoms with van der Waals surface area (Å²) < 4.78 is 11.8. The first-order chi connectivity index (χ1) is 18.5. The van der Waals surface area contributed by atoms with Gasteiger partial charge in [-0.1, -0.05) is 18.2 Å². The van der Waals surface area contributed by atoms with Gasteiger partial charge in [0.25, 0.3) is 5.91 Å². The SMILES string of the molecule is CCOc1cc2c(cc1OCC)C1C(C(=O)NCCCN3CCN(C)CC3)c3ccccc3C(=O)N1CC2. The Hall–Kier alpha value is -3.10. The first-order valence-electron chi connectivity index (χ1n) is 14.0. The Labute approximate surface area is 225 Å². The molecule has 0 saturated carbocycles. The Morgan fingerprint density at radius 1 is 0.974 bits per heavy atom. The second-order valence-corrected chi connectivity index (χ2v) is 10.4. The number of fused-ring (bicyclic) bond motifs is 4. The number of carbonyl (C=O) groups is 2. The third kappa shape index (κ3) is 5.24. The van der Waals surface area contributed by atoms with E-state index in [1.165, 1.54) is 0 Å². The Morgan fingerprint density at radius 3 is 2.42 bits per heavy atom. The molecule has 0 radical (unpaired) electrons. The second kappa shape index (κ2) is 11.7. The fraction of sp³-hybridized carbons (Fsp3) is 0.533. The van der Waals surface area contributed by atoms with E-state index in [4.69, 9.17) is 9.47 Å². The maximum atomic E-state index is 13.9. The lowest BCUT2D eigenvalue weighted by atomic mass is 9.75. The van der Waals surface area contributed by atoms with Crippen molar-refractivity contribution in [1.82, 2.24) is 20.0 Å². The molecule has 2 aromatic rings. The van der Waals surface area contributed by atoms with Crippen LogP contribution in [0.15, 0.2) is 36.4 Å². The number of benzene rings is 2. The summed E-state index contributed by atoms with van der Waals surface area (Å²) in [5.74, 6) is 0.848. The number of carbonyl (C=O) groups excluding carboxylic acids is 2. The van der Waals surface area contributed by atoms with Crippen LogP contribution in [0.5, 0.6) is 11.5 Å². The molecule has 3 aliphatic heterocycles. The van der Waals surface area contributed by atoms with E-state index in [9.17, 15) is 9.59 Å². The van der Waals surface area contributed by atoms with E-state index in [0.29, 0.717) is 49.8 Å². The standard InChI is InChI=1S/C30H40N4O4/c1-4-37-25-19-21-11-14-34-28(24(21)20-26(25)38-5-2)27(22-9-6-7-10-23(22)30(34)36)29(35)31-12-8-13-33-17-15-32(3)16-18-33/h6-7,9-10,19-20,27-28H,4-5,8,11-18H2,1-3H3,(H,31,35). The van der Waals surface area contributed by atoms with Crippen LogP contribution in [0, 0.1) is 0 Å². The van der Waals surface area contributed by atoms with E-state index < -0.39 is 5.92 Å². The highest BCUT2D eigenvalue weighted by atomic mass is 16.5. The summed E-state index contributed by atoms with van der Waals surface area (Å²) in [7, 11) is 2.16. The van der Waals surface area contributed by atoms with Gasteiger partial charge in [-0.2, -0.15) is 0 Å². The Balaban J connectivity index is 1.42. The van der Waals surface area contributed by atoms with Gasteiger partial charge >= 0.3 is 0 Å². The normalized spacial score (nSPS) is 21.3. The molecule has 0 aromatic heterocycles. The van der Waals surface area contributed by atoms with E-state index in [2.05, 4.69) is 22.2 Å². The number of likely N-dealkylation sites (N-methyl/N-ethyl adjacent to an activating group) is 1. The minimum Gasteiger partial charge on any atom is -0.490 e. The molecule has 3 aliphatic rings. The molecule has 8 heteroatoms. The summed E-state index contributed by atoms with van der Waals surface area (Å²) in [6.07, 6.45) is 1.62. The molecule has 2 unspecified atom stereocenters. The van der Waals surface area contributed by atoms with Gasteiger partial charge in [0.1, 0.15) is 0 Å². The van der Waals surface area contributed by atoms with Crippen LogP contribution in [0.1, 0.15) is 59.3 Å². The van der Waals surface area contributed by atoms with Gasteiger partial charge < -0.3 is 29.5 Å². The first kappa shape index (κ1) is 26.5. The van der Waals surface area contributed by atoms with Gasteiger partial charge in [-0.05, 0) is 75.2 Å². The van der Waals surface area contributed by atoms with E-state index in [1.54, 1.807) is 0 Å². The number of hydrogen-bond donors (Lipinski definition) is 1. The number of piperazine rings is 1. The Bertz CT molecular complexity index is 1160. The maximum Gasteiger partial charge on any atom is 0.254 e. The number of amides is 2. The van der Waals surface area contributed by atoms with Crippen molar-refractivity contribution in [2.45, 2.75) is 38.6 Å². The molecule has 0 spiro atoms. The predicted molar refractivity (Wildman–Crippen MR) is 147 cm³/mol. The van der Waals surface area contributed by atoms with Gasteiger partial charge in [-0.25, -0.2) is 0 Å². The molecule has 2 aromatic carbocycles. The molecule has 204 valence electrons. The van der Waals surface area contributed by atoms with Crippen molar-refractivity contribution < 1.29 is 19.1 Å². The lowest BCUT2D eigenvalue weighted by molar-refractivity contribution is -0.124. The van der Waals surface area contributed by atoms with Crippen LogP contribution in [0.3, 0.4) is 0 Å². The van der Waals surface area contributed by atoms with Crippen molar-refractivity contribution in [3.8, 4) is 11.5 Å². The average Bonchev–Trinajstić information content (AvgIpc) is 2.93. The highest BCUT2D eigenvalue weighted by Crippen LogP contribution is 2.48. The minimum atomic E-state index is -0.487. The van der Waals surface area contributed by atoms with Crippen LogP contribution in [-0.4, -0.2) is 92.6 Å². The Morgan fingerprint density at radius 2 is 1.68 bits per heavy atom. The number of rotatable bonds is 9. The minimum absolute atomic E-state index is 0.0118. The molecule has 5 rings (SSSR count). The fourth-order valence-corrected chi connectivity index (χ4v) is 6.05. The van der Waals surface area contributed by atoms with E-state index in [0.717, 1.165) is 55.8 Å². The van der Waals surface area contributed by atoms with Gasteiger partial charge in [-0.15, -0.1) is 0 Å². The third-order valence-electron chi connectivity index (χ3n) is 8.01. The first-order valence-corrected chi connectivity index (χ1v) is 14.0. The lowest BCUT2D eigenvalue weighted by Crippen LogP contribution is -2.50. The van der Waals surface area contributed by atoms with Crippen molar-refractivity contribution in [2.75, 3.05) is 66.1 Å². The molecule has 1 N–H and O–H groups in total. The third-order valence-corrected chi connectivity index (χ3v) is 8.01. The monoisotopic (exact) mass is 520 g/mol. The second-order valence-electron chi connectivity index (χ2n) is 10.4. The summed E-state index contributed by atoms with van der Waals surface area (Å²) in [5, 5.41) is 3.22. The van der Waals surface area contributed by atoms with Gasteiger partial charge in [0.15, 0.2) is 11.5 Å². The summed E-state index contributed by atoms with van der Waals surface area (Å²) in [6.45, 7) is 11.4. The van der Waals surface area contributed by atoms with Gasteiger partial charge in [-0.3, -0.25) is 9.59 Å². The summed E-state index contributed by atoms with van der Waals surface area (Å²) in [5.41, 5.74) is 3.51. The molecule has 0 bridgehead atoms. The highest BCUT2D eigenvalue weighted by molar-refractivity contribution is 6.01. The van der Waals surface area contributed by atoms with Crippen molar-refractivity contribution in [3.05, 3.63) is 58.7 Å². The zero-order valence-electron chi connectivity index (χ0n) is 22.9. The van der Waals surface area contributed by atoms with Crippen molar-refractivity contribution >= 4 is 11.8 Å². The average molecular weight is 521 g/mol. The van der Waals surface area contributed by atoms with E-state index >= 15 is 0 Å². The smallest absolute Gasteiger partial charge is 0.254 e. The fourth-order valence-electron chi connectivity index (χ4n) is 6.05. The van der Waals surface area contributed by atoms with Crippen LogP contribution >= 0.6 is 0 Å². The van der Waals surface area contributed by atoms with Crippen molar-refractivity contribution in [1.29, 1.82) is 0 Å². The zero-order valence-corrected chi connectivity index (χ0v) is 22.9. The molecular formula is C30H40N4O4. The number of ether oxygens (including phenoxy) is 2. The molecule has 2 amide bonds. The summed E-state index contributed by atoms with van der Waals surface area (Å²) in [6, 6.07) is 11.2. The summed E-state index contributed by atoms with van der Waals surface area (Å²) >= 11 is 0. The van der Waals surface area contributed by atoms with Gasteiger partial charge in [0, 0.05) is 44.8 Å². The van der Waals surface area contributed by atoms with Crippen LogP contribution in [0.4, 0.5) is 0 Å². The van der Waals surface area contributed by atoms with Crippen LogP contribution < -0.4 is 14.8 Å². The predicted octanol–water partition coefficient (Wildman–Crippen LogP) is 3.07. The molecule has 2 atom stereocenters. The van der Waals surface area contributed by atoms with E-state index in [1.807, 2.05) is 55.1 Å². The van der Waals surface area contributed by atoms with Crippen LogP contribution in [-0.2, 0) is 11.2 Å². The van der Waals surface area contributed by atoms with Crippen LogP contribution in [0.2, 0.25) is 0 Å². The topological polar surface area (TPSA) is 74.4 Å². The number of nitrogens with one attached hydrogen (secondary N) is 1. The van der Waals surface area contributed by atoms with E-state index in [-0.39, 0.29) is 17.9 Å². The number of nitrogens with zero attached hydrogens (tertiary/aromatic N) is 3. The largest absolute Gasteiger partial charge is 0.490 e. The zero-order chi connectivity index (χ0) is 26.6. The van der Waals surface area contributed by atoms with Crippen molar-refractivity contribution in [3.63, 3.8) is 0 Å². The molecule has 3 heterocycles. The number of hydrogen-bond acceptors (Lipinski definition) is 6. The molecule has 8 nitrogen and oxygen atoms in total. The lowest BCUT2D eigenvalue weighted by Gasteiger charge is -2.45. The molecular weight excluding hydrogens is 480 g/mol. The quantitative estimate of drug-likeness (QED) is 0.513. The summed E-state index contributed by atoms with van der Waals surface area (Å²) in [4.78, 5) is 34.2. The molecule has 0 aliphatic carbocycles. The molecule has 1 fully saturated rings. The van der Waals surface area contributed by atoms with Gasteiger partial charge in [0.2, 0.25) is 5.91 Å². The van der Waals surface area contributed by atoms with Gasteiger partial charge in [0.05, 0.1) is 25.2 Å². The van der Waals surface area contributed by atoms with Crippen LogP contribution in [0.25, 0.3) is 0 Å². The maximum absolute atomic E-state index is 13.9. The Kier molecular flexibility index (Phi) is 8.19. The molecule has 38 heavy (non-hydrogen) atoms.